The second kappa shape index (κ2) is 2.67. The van der Waals surface area contributed by atoms with E-state index >= 15 is 0 Å². The lowest BCUT2D eigenvalue weighted by Crippen LogP contribution is -2.76. The number of hydrogen-bond acceptors (Lipinski definition) is 4. The third-order valence-electron chi connectivity index (χ3n) is 3.67. The molecule has 0 aromatic rings. The Hall–Kier alpha value is -0.160. The Labute approximate surface area is 79.3 Å². The summed E-state index contributed by atoms with van der Waals surface area (Å²) in [5.74, 6) is 0. The zero-order valence-electron chi connectivity index (χ0n) is 8.21. The van der Waals surface area contributed by atoms with E-state index < -0.39 is 0 Å². The number of nitrogens with zero attached hydrogens (tertiary/aromatic N) is 2. The summed E-state index contributed by atoms with van der Waals surface area (Å²) < 4.78 is 0. The van der Waals surface area contributed by atoms with Gasteiger partial charge in [0.05, 0.1) is 11.8 Å². The van der Waals surface area contributed by atoms with Crippen LogP contribution in [0.3, 0.4) is 0 Å². The largest absolute Gasteiger partial charge is 0.296 e. The van der Waals surface area contributed by atoms with E-state index in [1.54, 1.807) is 0 Å². The Morgan fingerprint density at radius 3 is 2.08 bits per heavy atom. The summed E-state index contributed by atoms with van der Waals surface area (Å²) >= 11 is 0. The normalized spacial score (nSPS) is 46.4. The fraction of sp³-hybridized carbons (Fsp3) is 1.00. The van der Waals surface area contributed by atoms with Crippen molar-refractivity contribution in [2.24, 2.45) is 0 Å². The molecule has 0 radical (unpaired) electrons. The van der Waals surface area contributed by atoms with E-state index in [1.807, 2.05) is 0 Å². The Balaban J connectivity index is 1.92. The van der Waals surface area contributed by atoms with E-state index in [0.717, 1.165) is 13.1 Å². The molecule has 4 nitrogen and oxygen atoms in total. The van der Waals surface area contributed by atoms with Crippen LogP contribution in [-0.2, 0) is 0 Å². The van der Waals surface area contributed by atoms with Crippen molar-refractivity contribution >= 4 is 0 Å². The van der Waals surface area contributed by atoms with Crippen molar-refractivity contribution in [3.8, 4) is 0 Å². The zero-order valence-corrected chi connectivity index (χ0v) is 8.21. The van der Waals surface area contributed by atoms with Crippen LogP contribution in [0, 0.1) is 0 Å². The fourth-order valence-corrected chi connectivity index (χ4v) is 3.09. The summed E-state index contributed by atoms with van der Waals surface area (Å²) in [6.45, 7) is 9.45. The van der Waals surface area contributed by atoms with Gasteiger partial charge in [-0.25, -0.2) is 0 Å². The van der Waals surface area contributed by atoms with Gasteiger partial charge in [-0.05, 0) is 6.92 Å². The summed E-state index contributed by atoms with van der Waals surface area (Å²) in [4.78, 5) is 5.20. The van der Waals surface area contributed by atoms with E-state index in [0.29, 0.717) is 6.17 Å². The average molecular weight is 182 g/mol. The summed E-state index contributed by atoms with van der Waals surface area (Å²) in [7, 11) is 0. The molecule has 0 saturated carbocycles. The Morgan fingerprint density at radius 2 is 1.54 bits per heavy atom. The lowest BCUT2D eigenvalue weighted by atomic mass is 10.0. The Kier molecular flexibility index (Phi) is 1.68. The molecule has 3 heterocycles. The van der Waals surface area contributed by atoms with Crippen LogP contribution in [0.4, 0.5) is 0 Å². The van der Waals surface area contributed by atoms with E-state index in [-0.39, 0.29) is 5.66 Å². The first-order valence-corrected chi connectivity index (χ1v) is 5.28. The number of nitrogens with one attached hydrogen (secondary N) is 2. The molecule has 3 aliphatic rings. The molecule has 0 aliphatic carbocycles. The molecule has 13 heavy (non-hydrogen) atoms. The maximum atomic E-state index is 3.60. The maximum absolute atomic E-state index is 3.60. The highest BCUT2D eigenvalue weighted by Gasteiger charge is 2.49. The highest BCUT2D eigenvalue weighted by molar-refractivity contribution is 5.04. The predicted molar refractivity (Wildman–Crippen MR) is 51.3 cm³/mol. The first-order chi connectivity index (χ1) is 6.30. The number of rotatable bonds is 0. The minimum atomic E-state index is 0.132. The summed E-state index contributed by atoms with van der Waals surface area (Å²) in [5, 5.41) is 7.21. The second-order valence-electron chi connectivity index (χ2n) is 4.50. The molecule has 0 aromatic carbocycles. The molecule has 2 N–H and O–H groups in total. The van der Waals surface area contributed by atoms with Gasteiger partial charge >= 0.3 is 0 Å². The summed E-state index contributed by atoms with van der Waals surface area (Å²) in [6, 6.07) is 0. The SMILES string of the molecule is CC12NCCN3CCN(CCN1)C32. The van der Waals surface area contributed by atoms with Gasteiger partial charge in [0.15, 0.2) is 0 Å². The number of hydrogen-bond donors (Lipinski definition) is 2. The lowest BCUT2D eigenvalue weighted by Gasteiger charge is -2.52. The van der Waals surface area contributed by atoms with E-state index in [1.165, 1.54) is 26.2 Å². The minimum Gasteiger partial charge on any atom is -0.296 e. The highest BCUT2D eigenvalue weighted by Crippen LogP contribution is 2.27. The van der Waals surface area contributed by atoms with E-state index in [2.05, 4.69) is 27.4 Å². The standard InChI is InChI=1S/C9H18N4/c1-9-8-12(4-2-10-9)6-7-13(8)5-3-11-9/h8,10-11H,2-7H2,1H3. The van der Waals surface area contributed by atoms with Crippen LogP contribution >= 0.6 is 0 Å². The molecule has 0 aromatic heterocycles. The summed E-state index contributed by atoms with van der Waals surface area (Å²) in [6.07, 6.45) is 0.593. The van der Waals surface area contributed by atoms with Gasteiger partial charge in [-0.2, -0.15) is 0 Å². The third kappa shape index (κ3) is 1.06. The number of piperazine rings is 2. The van der Waals surface area contributed by atoms with Crippen LogP contribution in [0.15, 0.2) is 0 Å². The molecule has 0 bridgehead atoms. The maximum Gasteiger partial charge on any atom is 0.0957 e. The van der Waals surface area contributed by atoms with Crippen LogP contribution in [0.2, 0.25) is 0 Å². The van der Waals surface area contributed by atoms with Crippen molar-refractivity contribution in [2.75, 3.05) is 39.3 Å². The molecule has 0 atom stereocenters. The Bertz CT molecular complexity index is 200. The van der Waals surface area contributed by atoms with Crippen LogP contribution in [0.1, 0.15) is 6.92 Å². The van der Waals surface area contributed by atoms with Gasteiger partial charge in [0.1, 0.15) is 0 Å². The smallest absolute Gasteiger partial charge is 0.0957 e. The molecule has 0 amide bonds. The minimum absolute atomic E-state index is 0.132. The second-order valence-corrected chi connectivity index (χ2v) is 4.50. The predicted octanol–water partition coefficient (Wildman–Crippen LogP) is -1.15. The van der Waals surface area contributed by atoms with Gasteiger partial charge in [-0.1, -0.05) is 0 Å². The van der Waals surface area contributed by atoms with Crippen LogP contribution < -0.4 is 10.6 Å². The topological polar surface area (TPSA) is 30.5 Å². The van der Waals surface area contributed by atoms with Crippen molar-refractivity contribution in [3.05, 3.63) is 0 Å². The van der Waals surface area contributed by atoms with Crippen molar-refractivity contribution < 1.29 is 0 Å². The molecule has 0 spiro atoms. The molecular weight excluding hydrogens is 164 g/mol. The average Bonchev–Trinajstić information content (AvgIpc) is 2.51. The van der Waals surface area contributed by atoms with Gasteiger partial charge < -0.3 is 0 Å². The zero-order chi connectivity index (χ0) is 8.89. The molecule has 0 unspecified atom stereocenters. The van der Waals surface area contributed by atoms with Crippen LogP contribution in [0.5, 0.6) is 0 Å². The third-order valence-corrected chi connectivity index (χ3v) is 3.67. The quantitative estimate of drug-likeness (QED) is 0.495. The lowest BCUT2D eigenvalue weighted by molar-refractivity contribution is -0.0257. The first-order valence-electron chi connectivity index (χ1n) is 5.28. The van der Waals surface area contributed by atoms with Gasteiger partial charge in [0, 0.05) is 39.3 Å². The van der Waals surface area contributed by atoms with Crippen LogP contribution in [-0.4, -0.2) is 60.9 Å². The van der Waals surface area contributed by atoms with Gasteiger partial charge in [0.25, 0.3) is 0 Å². The monoisotopic (exact) mass is 182 g/mol. The van der Waals surface area contributed by atoms with Crippen molar-refractivity contribution in [1.82, 2.24) is 20.4 Å². The molecular formula is C9H18N4. The summed E-state index contributed by atoms with van der Waals surface area (Å²) in [5.41, 5.74) is 0.132. The molecule has 3 aliphatic heterocycles. The fourth-order valence-electron chi connectivity index (χ4n) is 3.09. The molecule has 3 rings (SSSR count). The molecule has 74 valence electrons. The molecule has 3 fully saturated rings. The van der Waals surface area contributed by atoms with Crippen molar-refractivity contribution in [2.45, 2.75) is 18.8 Å². The van der Waals surface area contributed by atoms with Crippen molar-refractivity contribution in [3.63, 3.8) is 0 Å². The highest BCUT2D eigenvalue weighted by atomic mass is 15.5. The van der Waals surface area contributed by atoms with E-state index in [4.69, 9.17) is 0 Å². The molecule has 4 heteroatoms. The van der Waals surface area contributed by atoms with Crippen LogP contribution in [0.25, 0.3) is 0 Å². The van der Waals surface area contributed by atoms with Gasteiger partial charge in [-0.3, -0.25) is 20.4 Å². The van der Waals surface area contributed by atoms with E-state index in [9.17, 15) is 0 Å². The molecule has 3 saturated heterocycles. The van der Waals surface area contributed by atoms with Crippen molar-refractivity contribution in [1.29, 1.82) is 0 Å². The Morgan fingerprint density at radius 1 is 1.00 bits per heavy atom. The van der Waals surface area contributed by atoms with Gasteiger partial charge in [-0.15, -0.1) is 0 Å². The first kappa shape index (κ1) is 8.17. The van der Waals surface area contributed by atoms with Gasteiger partial charge in [0.2, 0.25) is 0 Å².